The summed E-state index contributed by atoms with van der Waals surface area (Å²) in [6.45, 7) is 0.227. The second-order valence-electron chi connectivity index (χ2n) is 5.59. The summed E-state index contributed by atoms with van der Waals surface area (Å²) in [4.78, 5) is 12.5. The zero-order chi connectivity index (χ0) is 20.5. The predicted octanol–water partition coefficient (Wildman–Crippen LogP) is 2.94. The molecule has 146 valence electrons. The standard InChI is InChI=1S/C21H22N2O5/c1-25-17-8-6-5-7-15(17)13-23-21(24)16(12-22)11-14-9-10-18(26-2)20(28-4)19(14)27-3/h5-11H,13H2,1-4H3,(H,23,24)/b16-11+. The van der Waals surface area contributed by atoms with Crippen molar-refractivity contribution in [2.24, 2.45) is 0 Å². The van der Waals surface area contributed by atoms with Gasteiger partial charge in [-0.05, 0) is 24.3 Å². The lowest BCUT2D eigenvalue weighted by Crippen LogP contribution is -2.24. The quantitative estimate of drug-likeness (QED) is 0.558. The van der Waals surface area contributed by atoms with E-state index < -0.39 is 5.91 Å². The maximum Gasteiger partial charge on any atom is 0.262 e. The molecule has 7 heteroatoms. The van der Waals surface area contributed by atoms with Crippen molar-refractivity contribution in [3.63, 3.8) is 0 Å². The van der Waals surface area contributed by atoms with Gasteiger partial charge in [-0.2, -0.15) is 5.26 Å². The van der Waals surface area contributed by atoms with Crippen LogP contribution in [-0.4, -0.2) is 34.3 Å². The van der Waals surface area contributed by atoms with E-state index in [1.165, 1.54) is 27.4 Å². The molecule has 0 spiro atoms. The van der Waals surface area contributed by atoms with Crippen LogP contribution in [0.5, 0.6) is 23.0 Å². The summed E-state index contributed by atoms with van der Waals surface area (Å²) >= 11 is 0. The normalized spacial score (nSPS) is 10.6. The Morgan fingerprint density at radius 1 is 0.964 bits per heavy atom. The minimum Gasteiger partial charge on any atom is -0.496 e. The number of hydrogen-bond acceptors (Lipinski definition) is 6. The first-order valence-corrected chi connectivity index (χ1v) is 8.40. The molecule has 0 unspecified atom stereocenters. The number of carbonyl (C=O) groups excluding carboxylic acids is 1. The Morgan fingerprint density at radius 2 is 1.64 bits per heavy atom. The number of methoxy groups -OCH3 is 4. The number of nitrogens with zero attached hydrogens (tertiary/aromatic N) is 1. The first kappa shape index (κ1) is 20.6. The average molecular weight is 382 g/mol. The SMILES string of the molecule is COc1ccccc1CNC(=O)/C(C#N)=C/c1ccc(OC)c(OC)c1OC. The molecule has 0 aromatic heterocycles. The average Bonchev–Trinajstić information content (AvgIpc) is 2.74. The van der Waals surface area contributed by atoms with Crippen LogP contribution in [-0.2, 0) is 11.3 Å². The van der Waals surface area contributed by atoms with Gasteiger partial charge in [0.15, 0.2) is 11.5 Å². The largest absolute Gasteiger partial charge is 0.496 e. The van der Waals surface area contributed by atoms with E-state index in [0.717, 1.165) is 5.56 Å². The number of nitriles is 1. The van der Waals surface area contributed by atoms with Gasteiger partial charge in [0, 0.05) is 17.7 Å². The maximum atomic E-state index is 12.5. The third-order valence-electron chi connectivity index (χ3n) is 4.03. The number of hydrogen-bond donors (Lipinski definition) is 1. The molecule has 0 aliphatic rings. The Hall–Kier alpha value is -3.66. The topological polar surface area (TPSA) is 89.8 Å². The Morgan fingerprint density at radius 3 is 2.25 bits per heavy atom. The molecule has 0 saturated carbocycles. The minimum atomic E-state index is -0.509. The van der Waals surface area contributed by atoms with E-state index in [0.29, 0.717) is 28.6 Å². The van der Waals surface area contributed by atoms with E-state index in [-0.39, 0.29) is 12.1 Å². The highest BCUT2D eigenvalue weighted by Gasteiger charge is 2.17. The van der Waals surface area contributed by atoms with Crippen LogP contribution in [0.1, 0.15) is 11.1 Å². The lowest BCUT2D eigenvalue weighted by atomic mass is 10.1. The van der Waals surface area contributed by atoms with Crippen molar-refractivity contribution >= 4 is 12.0 Å². The van der Waals surface area contributed by atoms with Gasteiger partial charge in [0.05, 0.1) is 28.4 Å². The highest BCUT2D eigenvalue weighted by atomic mass is 16.5. The molecule has 2 aromatic rings. The van der Waals surface area contributed by atoms with Gasteiger partial charge < -0.3 is 24.3 Å². The number of carbonyl (C=O) groups is 1. The molecule has 0 fully saturated rings. The van der Waals surface area contributed by atoms with Crippen LogP contribution in [0.15, 0.2) is 42.0 Å². The summed E-state index contributed by atoms with van der Waals surface area (Å²) in [6, 6.07) is 12.6. The van der Waals surface area contributed by atoms with E-state index >= 15 is 0 Å². The lowest BCUT2D eigenvalue weighted by molar-refractivity contribution is -0.117. The molecule has 1 amide bonds. The number of amides is 1. The van der Waals surface area contributed by atoms with Crippen LogP contribution in [0.25, 0.3) is 6.08 Å². The number of ether oxygens (including phenoxy) is 4. The van der Waals surface area contributed by atoms with Crippen LogP contribution >= 0.6 is 0 Å². The highest BCUT2D eigenvalue weighted by molar-refractivity contribution is 6.02. The Bertz CT molecular complexity index is 915. The van der Waals surface area contributed by atoms with Gasteiger partial charge in [0.2, 0.25) is 5.75 Å². The van der Waals surface area contributed by atoms with E-state index in [4.69, 9.17) is 18.9 Å². The number of benzene rings is 2. The van der Waals surface area contributed by atoms with Crippen molar-refractivity contribution in [3.05, 3.63) is 53.1 Å². The molecule has 0 saturated heterocycles. The molecule has 0 aliphatic carbocycles. The molecule has 0 radical (unpaired) electrons. The van der Waals surface area contributed by atoms with Crippen LogP contribution in [0.4, 0.5) is 0 Å². The highest BCUT2D eigenvalue weighted by Crippen LogP contribution is 2.40. The van der Waals surface area contributed by atoms with Crippen molar-refractivity contribution in [2.45, 2.75) is 6.54 Å². The molecule has 2 rings (SSSR count). The van der Waals surface area contributed by atoms with Crippen molar-refractivity contribution in [3.8, 4) is 29.1 Å². The number of rotatable bonds is 8. The summed E-state index contributed by atoms with van der Waals surface area (Å²) in [6.07, 6.45) is 1.44. The third kappa shape index (κ3) is 4.54. The van der Waals surface area contributed by atoms with Crippen molar-refractivity contribution in [2.75, 3.05) is 28.4 Å². The van der Waals surface area contributed by atoms with Gasteiger partial charge in [0.1, 0.15) is 17.4 Å². The number of para-hydroxylation sites is 1. The van der Waals surface area contributed by atoms with Gasteiger partial charge in [0.25, 0.3) is 5.91 Å². The van der Waals surface area contributed by atoms with Crippen LogP contribution in [0, 0.1) is 11.3 Å². The van der Waals surface area contributed by atoms with Crippen molar-refractivity contribution in [1.29, 1.82) is 5.26 Å². The third-order valence-corrected chi connectivity index (χ3v) is 4.03. The molecular formula is C21H22N2O5. The maximum absolute atomic E-state index is 12.5. The van der Waals surface area contributed by atoms with E-state index in [9.17, 15) is 10.1 Å². The monoisotopic (exact) mass is 382 g/mol. The summed E-state index contributed by atoms with van der Waals surface area (Å²) in [5, 5.41) is 12.2. The van der Waals surface area contributed by atoms with Crippen molar-refractivity contribution in [1.82, 2.24) is 5.32 Å². The van der Waals surface area contributed by atoms with E-state index in [1.54, 1.807) is 25.3 Å². The zero-order valence-electron chi connectivity index (χ0n) is 16.2. The molecule has 0 heterocycles. The van der Waals surface area contributed by atoms with Gasteiger partial charge in [-0.15, -0.1) is 0 Å². The van der Waals surface area contributed by atoms with E-state index in [1.807, 2.05) is 24.3 Å². The first-order valence-electron chi connectivity index (χ1n) is 8.40. The molecule has 28 heavy (non-hydrogen) atoms. The second-order valence-corrected chi connectivity index (χ2v) is 5.59. The molecular weight excluding hydrogens is 360 g/mol. The Balaban J connectivity index is 2.28. The van der Waals surface area contributed by atoms with Gasteiger partial charge in [-0.25, -0.2) is 0 Å². The van der Waals surface area contributed by atoms with Crippen LogP contribution in [0.2, 0.25) is 0 Å². The summed E-state index contributed by atoms with van der Waals surface area (Å²) in [7, 11) is 6.03. The minimum absolute atomic E-state index is 0.0691. The zero-order valence-corrected chi connectivity index (χ0v) is 16.2. The summed E-state index contributed by atoms with van der Waals surface area (Å²) < 4.78 is 21.2. The Labute approximate surface area is 164 Å². The summed E-state index contributed by atoms with van der Waals surface area (Å²) in [5.41, 5.74) is 1.25. The van der Waals surface area contributed by atoms with Gasteiger partial charge in [-0.1, -0.05) is 18.2 Å². The Kier molecular flexibility index (Phi) is 7.28. The van der Waals surface area contributed by atoms with Gasteiger partial charge >= 0.3 is 0 Å². The summed E-state index contributed by atoms with van der Waals surface area (Å²) in [5.74, 6) is 1.38. The van der Waals surface area contributed by atoms with Crippen LogP contribution < -0.4 is 24.3 Å². The molecule has 2 aromatic carbocycles. The fourth-order valence-corrected chi connectivity index (χ4v) is 2.66. The van der Waals surface area contributed by atoms with E-state index in [2.05, 4.69) is 5.32 Å². The number of nitrogens with one attached hydrogen (secondary N) is 1. The lowest BCUT2D eigenvalue weighted by Gasteiger charge is -2.14. The molecule has 1 N–H and O–H groups in total. The molecule has 0 atom stereocenters. The molecule has 0 bridgehead atoms. The molecule has 7 nitrogen and oxygen atoms in total. The van der Waals surface area contributed by atoms with Crippen LogP contribution in [0.3, 0.4) is 0 Å². The first-order chi connectivity index (χ1) is 13.6. The fourth-order valence-electron chi connectivity index (χ4n) is 2.66. The molecule has 0 aliphatic heterocycles. The van der Waals surface area contributed by atoms with Gasteiger partial charge in [-0.3, -0.25) is 4.79 Å². The fraction of sp³-hybridized carbons (Fsp3) is 0.238. The smallest absolute Gasteiger partial charge is 0.262 e. The second kappa shape index (κ2) is 9.88. The predicted molar refractivity (Wildman–Crippen MR) is 105 cm³/mol. The van der Waals surface area contributed by atoms with Crippen molar-refractivity contribution < 1.29 is 23.7 Å².